The van der Waals surface area contributed by atoms with Crippen LogP contribution in [0.3, 0.4) is 0 Å². The summed E-state index contributed by atoms with van der Waals surface area (Å²) >= 11 is 1.37. The summed E-state index contributed by atoms with van der Waals surface area (Å²) < 4.78 is 9.78. The number of rotatable bonds is 8. The lowest BCUT2D eigenvalue weighted by Crippen LogP contribution is -2.19. The van der Waals surface area contributed by atoms with Gasteiger partial charge >= 0.3 is 0 Å². The van der Waals surface area contributed by atoms with Crippen LogP contribution in [0.1, 0.15) is 0 Å². The molecular weight excluding hydrogens is 286 g/mol. The molecule has 21 heavy (non-hydrogen) atoms. The third-order valence-electron chi connectivity index (χ3n) is 2.90. The Morgan fingerprint density at radius 1 is 1.29 bits per heavy atom. The summed E-state index contributed by atoms with van der Waals surface area (Å²) in [5.74, 6) is 0.544. The van der Waals surface area contributed by atoms with Crippen molar-refractivity contribution >= 4 is 22.4 Å². The minimum Gasteiger partial charge on any atom is -0.382 e. The number of ether oxygens (including phenoxy) is 1. The largest absolute Gasteiger partial charge is 0.382 e. The average molecular weight is 307 g/mol. The van der Waals surface area contributed by atoms with Crippen molar-refractivity contribution in [3.8, 4) is 11.1 Å². The number of anilines is 2. The fourth-order valence-electron chi connectivity index (χ4n) is 1.81. The van der Waals surface area contributed by atoms with E-state index in [2.05, 4.69) is 19.6 Å². The maximum Gasteiger partial charge on any atom is 0.147 e. The van der Waals surface area contributed by atoms with Gasteiger partial charge in [-0.1, -0.05) is 0 Å². The van der Waals surface area contributed by atoms with Crippen molar-refractivity contribution in [2.45, 2.75) is 0 Å². The first-order chi connectivity index (χ1) is 10.2. The van der Waals surface area contributed by atoms with Crippen LogP contribution in [0.25, 0.3) is 11.1 Å². The molecule has 0 aliphatic heterocycles. The predicted molar refractivity (Wildman–Crippen MR) is 87.6 cm³/mol. The number of nitrogen functional groups attached to an aromatic ring is 1. The SMILES string of the molecule is CN(C)CCOCCNc1snc(N)c1-c1ccncc1. The van der Waals surface area contributed by atoms with Gasteiger partial charge in [-0.25, -0.2) is 0 Å². The second kappa shape index (κ2) is 7.92. The molecule has 0 saturated carbocycles. The van der Waals surface area contributed by atoms with E-state index in [4.69, 9.17) is 10.5 Å². The van der Waals surface area contributed by atoms with Gasteiger partial charge in [0, 0.05) is 25.5 Å². The number of likely N-dealkylation sites (N-methyl/N-ethyl adjacent to an activating group) is 1. The van der Waals surface area contributed by atoms with E-state index in [0.29, 0.717) is 12.4 Å². The lowest BCUT2D eigenvalue weighted by atomic mass is 10.1. The third-order valence-corrected chi connectivity index (χ3v) is 3.72. The van der Waals surface area contributed by atoms with Gasteiger partial charge in [-0.3, -0.25) is 4.98 Å². The number of hydrogen-bond acceptors (Lipinski definition) is 7. The molecule has 2 aromatic rings. The molecule has 0 saturated heterocycles. The maximum atomic E-state index is 5.96. The average Bonchev–Trinajstić information content (AvgIpc) is 2.84. The van der Waals surface area contributed by atoms with Crippen LogP contribution in [0.2, 0.25) is 0 Å². The fraction of sp³-hybridized carbons (Fsp3) is 0.429. The molecule has 0 bridgehead atoms. The molecule has 0 aliphatic rings. The number of hydrogen-bond donors (Lipinski definition) is 2. The van der Waals surface area contributed by atoms with Crippen LogP contribution in [-0.2, 0) is 4.74 Å². The zero-order valence-corrected chi connectivity index (χ0v) is 13.2. The van der Waals surface area contributed by atoms with Crippen LogP contribution >= 0.6 is 11.5 Å². The van der Waals surface area contributed by atoms with Crippen LogP contribution in [-0.4, -0.2) is 54.7 Å². The summed E-state index contributed by atoms with van der Waals surface area (Å²) in [6.07, 6.45) is 3.50. The number of nitrogens with two attached hydrogens (primary N) is 1. The Balaban J connectivity index is 1.87. The smallest absolute Gasteiger partial charge is 0.147 e. The molecule has 2 heterocycles. The van der Waals surface area contributed by atoms with Crippen LogP contribution < -0.4 is 11.1 Å². The van der Waals surface area contributed by atoms with Crippen molar-refractivity contribution in [1.82, 2.24) is 14.3 Å². The van der Waals surface area contributed by atoms with E-state index in [9.17, 15) is 0 Å². The molecule has 3 N–H and O–H groups in total. The van der Waals surface area contributed by atoms with Crippen LogP contribution in [0.5, 0.6) is 0 Å². The summed E-state index contributed by atoms with van der Waals surface area (Å²) in [4.78, 5) is 6.12. The van der Waals surface area contributed by atoms with E-state index in [1.165, 1.54) is 11.5 Å². The molecule has 0 aliphatic carbocycles. The van der Waals surface area contributed by atoms with Crippen molar-refractivity contribution in [1.29, 1.82) is 0 Å². The van der Waals surface area contributed by atoms with Crippen molar-refractivity contribution in [3.63, 3.8) is 0 Å². The summed E-state index contributed by atoms with van der Waals surface area (Å²) in [7, 11) is 4.06. The number of pyridine rings is 1. The lowest BCUT2D eigenvalue weighted by Gasteiger charge is -2.10. The Bertz CT molecular complexity index is 544. The molecule has 0 spiro atoms. The number of aromatic nitrogens is 2. The normalized spacial score (nSPS) is 11.0. The first-order valence-electron chi connectivity index (χ1n) is 6.80. The molecule has 2 aromatic heterocycles. The molecule has 0 aromatic carbocycles. The van der Waals surface area contributed by atoms with Gasteiger partial charge in [0.05, 0.1) is 18.8 Å². The van der Waals surface area contributed by atoms with Crippen LogP contribution in [0.4, 0.5) is 10.8 Å². The minimum atomic E-state index is 0.544. The van der Waals surface area contributed by atoms with Gasteiger partial charge in [0.1, 0.15) is 10.8 Å². The monoisotopic (exact) mass is 307 g/mol. The van der Waals surface area contributed by atoms with Crippen molar-refractivity contribution in [2.75, 3.05) is 51.4 Å². The van der Waals surface area contributed by atoms with E-state index in [0.717, 1.165) is 35.8 Å². The quantitative estimate of drug-likeness (QED) is 0.724. The summed E-state index contributed by atoms with van der Waals surface area (Å²) in [5, 5.41) is 4.31. The fourth-order valence-corrected chi connectivity index (χ4v) is 2.57. The Morgan fingerprint density at radius 2 is 2.05 bits per heavy atom. The first kappa shape index (κ1) is 15.7. The lowest BCUT2D eigenvalue weighted by molar-refractivity contribution is 0.126. The minimum absolute atomic E-state index is 0.544. The van der Waals surface area contributed by atoms with E-state index in [1.54, 1.807) is 12.4 Å². The molecule has 0 radical (unpaired) electrons. The topological polar surface area (TPSA) is 76.3 Å². The highest BCUT2D eigenvalue weighted by atomic mass is 32.1. The molecular formula is C14H21N5OS. The predicted octanol–water partition coefficient (Wildman–Crippen LogP) is 1.78. The Kier molecular flexibility index (Phi) is 5.91. The van der Waals surface area contributed by atoms with Crippen LogP contribution in [0.15, 0.2) is 24.5 Å². The van der Waals surface area contributed by atoms with Crippen molar-refractivity contribution < 1.29 is 4.74 Å². The molecule has 6 nitrogen and oxygen atoms in total. The van der Waals surface area contributed by atoms with Gasteiger partial charge in [0.2, 0.25) is 0 Å². The highest BCUT2D eigenvalue weighted by Gasteiger charge is 2.12. The molecule has 0 amide bonds. The highest BCUT2D eigenvalue weighted by molar-refractivity contribution is 7.11. The first-order valence-corrected chi connectivity index (χ1v) is 7.57. The summed E-state index contributed by atoms with van der Waals surface area (Å²) in [5.41, 5.74) is 7.92. The molecule has 114 valence electrons. The number of nitrogens with zero attached hydrogens (tertiary/aromatic N) is 3. The zero-order valence-electron chi connectivity index (χ0n) is 12.4. The second-order valence-electron chi connectivity index (χ2n) is 4.85. The van der Waals surface area contributed by atoms with Gasteiger partial charge in [0.15, 0.2) is 0 Å². The summed E-state index contributed by atoms with van der Waals surface area (Å²) in [6, 6.07) is 3.86. The molecule has 0 atom stereocenters. The maximum absolute atomic E-state index is 5.96. The standard InChI is InChI=1S/C14H21N5OS/c1-19(2)8-10-20-9-7-17-14-12(13(15)18-21-14)11-3-5-16-6-4-11/h3-6,17H,7-10H2,1-2H3,(H2,15,18). The third kappa shape index (κ3) is 4.66. The van der Waals surface area contributed by atoms with Gasteiger partial charge in [-0.05, 0) is 43.3 Å². The zero-order chi connectivity index (χ0) is 15.1. The molecule has 0 fully saturated rings. The summed E-state index contributed by atoms with van der Waals surface area (Å²) in [6.45, 7) is 3.04. The number of nitrogens with one attached hydrogen (secondary N) is 1. The van der Waals surface area contributed by atoms with Crippen molar-refractivity contribution in [2.24, 2.45) is 0 Å². The van der Waals surface area contributed by atoms with E-state index >= 15 is 0 Å². The van der Waals surface area contributed by atoms with Gasteiger partial charge in [-0.15, -0.1) is 0 Å². The Labute approximate surface area is 129 Å². The van der Waals surface area contributed by atoms with E-state index in [-0.39, 0.29) is 0 Å². The van der Waals surface area contributed by atoms with Gasteiger partial charge in [0.25, 0.3) is 0 Å². The van der Waals surface area contributed by atoms with Crippen LogP contribution in [0, 0.1) is 0 Å². The van der Waals surface area contributed by atoms with E-state index < -0.39 is 0 Å². The second-order valence-corrected chi connectivity index (χ2v) is 5.62. The molecule has 2 rings (SSSR count). The van der Waals surface area contributed by atoms with E-state index in [1.807, 2.05) is 26.2 Å². The van der Waals surface area contributed by atoms with Gasteiger partial charge < -0.3 is 20.7 Å². The Hall–Kier alpha value is -1.70. The highest BCUT2D eigenvalue weighted by Crippen LogP contribution is 2.36. The molecule has 7 heteroatoms. The Morgan fingerprint density at radius 3 is 2.76 bits per heavy atom. The van der Waals surface area contributed by atoms with Gasteiger partial charge in [-0.2, -0.15) is 4.37 Å². The van der Waals surface area contributed by atoms with Crippen molar-refractivity contribution in [3.05, 3.63) is 24.5 Å². The molecule has 0 unspecified atom stereocenters.